The lowest BCUT2D eigenvalue weighted by atomic mass is 10.3. The largest absolute Gasteiger partial charge is 0.383 e. The zero-order valence-electron chi connectivity index (χ0n) is 9.27. The van der Waals surface area contributed by atoms with Crippen LogP contribution in [0.3, 0.4) is 0 Å². The van der Waals surface area contributed by atoms with Crippen molar-refractivity contribution in [1.29, 1.82) is 0 Å². The summed E-state index contributed by atoms with van der Waals surface area (Å²) in [6.45, 7) is 2.74. The summed E-state index contributed by atoms with van der Waals surface area (Å²) in [7, 11) is 3.66. The van der Waals surface area contributed by atoms with E-state index in [1.54, 1.807) is 7.11 Å². The highest BCUT2D eigenvalue weighted by atomic mass is 79.9. The fourth-order valence-corrected chi connectivity index (χ4v) is 1.44. The number of alkyl halides is 1. The van der Waals surface area contributed by atoms with Crippen LogP contribution in [0.1, 0.15) is 12.5 Å². The molecular formula is C10H16BrN3O. The Hall–Kier alpha value is -0.680. The van der Waals surface area contributed by atoms with Gasteiger partial charge in [-0.2, -0.15) is 0 Å². The maximum Gasteiger partial charge on any atom is 0.225 e. The lowest BCUT2D eigenvalue weighted by Crippen LogP contribution is -2.33. The van der Waals surface area contributed by atoms with Crippen LogP contribution in [0.25, 0.3) is 0 Å². The van der Waals surface area contributed by atoms with Crippen LogP contribution >= 0.6 is 15.9 Å². The molecule has 4 nitrogen and oxygen atoms in total. The molecule has 0 spiro atoms. The molecular weight excluding hydrogens is 258 g/mol. The monoisotopic (exact) mass is 273 g/mol. The Balaban J connectivity index is 2.69. The molecule has 84 valence electrons. The normalized spacial score (nSPS) is 12.5. The molecule has 0 aliphatic heterocycles. The molecule has 1 unspecified atom stereocenters. The van der Waals surface area contributed by atoms with Gasteiger partial charge >= 0.3 is 0 Å². The van der Waals surface area contributed by atoms with E-state index < -0.39 is 0 Å². The summed E-state index contributed by atoms with van der Waals surface area (Å²) < 4.78 is 5.09. The van der Waals surface area contributed by atoms with E-state index in [9.17, 15) is 0 Å². The summed E-state index contributed by atoms with van der Waals surface area (Å²) in [5.74, 6) is 0.726. The van der Waals surface area contributed by atoms with Gasteiger partial charge in [-0.15, -0.1) is 0 Å². The van der Waals surface area contributed by atoms with E-state index in [-0.39, 0.29) is 6.04 Å². The Bertz CT molecular complexity index is 291. The number of hydrogen-bond acceptors (Lipinski definition) is 4. The van der Waals surface area contributed by atoms with Gasteiger partial charge in [-0.25, -0.2) is 9.97 Å². The summed E-state index contributed by atoms with van der Waals surface area (Å²) in [6, 6.07) is 0.268. The first-order valence-corrected chi connectivity index (χ1v) is 5.89. The van der Waals surface area contributed by atoms with Crippen LogP contribution in [-0.4, -0.2) is 36.8 Å². The molecule has 1 rings (SSSR count). The van der Waals surface area contributed by atoms with E-state index in [0.717, 1.165) is 16.8 Å². The number of hydrogen-bond donors (Lipinski definition) is 0. The number of halogens is 1. The van der Waals surface area contributed by atoms with Crippen molar-refractivity contribution < 1.29 is 4.74 Å². The Kier molecular flexibility index (Phi) is 4.98. The zero-order valence-corrected chi connectivity index (χ0v) is 10.9. The molecule has 1 aromatic rings. The van der Waals surface area contributed by atoms with E-state index >= 15 is 0 Å². The SMILES string of the molecule is COCC(C)N(C)c1ncc(CBr)cn1. The Labute approximate surface area is 98.8 Å². The topological polar surface area (TPSA) is 38.2 Å². The van der Waals surface area contributed by atoms with Crippen LogP contribution < -0.4 is 4.90 Å². The number of ether oxygens (including phenoxy) is 1. The Morgan fingerprint density at radius 2 is 2.07 bits per heavy atom. The number of anilines is 1. The van der Waals surface area contributed by atoms with Gasteiger partial charge in [-0.1, -0.05) is 15.9 Å². The highest BCUT2D eigenvalue weighted by molar-refractivity contribution is 9.08. The van der Waals surface area contributed by atoms with Gasteiger partial charge in [-0.3, -0.25) is 0 Å². The van der Waals surface area contributed by atoms with Crippen LogP contribution in [0.15, 0.2) is 12.4 Å². The number of nitrogens with zero attached hydrogens (tertiary/aromatic N) is 3. The molecule has 15 heavy (non-hydrogen) atoms. The molecule has 0 aromatic carbocycles. The van der Waals surface area contributed by atoms with Crippen LogP contribution in [0.5, 0.6) is 0 Å². The van der Waals surface area contributed by atoms with Crippen LogP contribution in [0.2, 0.25) is 0 Å². The first-order valence-electron chi connectivity index (χ1n) is 4.77. The van der Waals surface area contributed by atoms with Crippen molar-refractivity contribution in [3.05, 3.63) is 18.0 Å². The van der Waals surface area contributed by atoms with Crippen molar-refractivity contribution >= 4 is 21.9 Å². The molecule has 0 radical (unpaired) electrons. The van der Waals surface area contributed by atoms with Gasteiger partial charge < -0.3 is 9.64 Å². The van der Waals surface area contributed by atoms with Gasteiger partial charge in [0.15, 0.2) is 0 Å². The highest BCUT2D eigenvalue weighted by Crippen LogP contribution is 2.10. The van der Waals surface area contributed by atoms with Crippen molar-refractivity contribution in [1.82, 2.24) is 9.97 Å². The molecule has 0 fully saturated rings. The second kappa shape index (κ2) is 6.02. The van der Waals surface area contributed by atoms with Gasteiger partial charge in [0.2, 0.25) is 5.95 Å². The number of likely N-dealkylation sites (N-methyl/N-ethyl adjacent to an activating group) is 1. The minimum Gasteiger partial charge on any atom is -0.383 e. The van der Waals surface area contributed by atoms with E-state index in [1.807, 2.05) is 24.3 Å². The van der Waals surface area contributed by atoms with Crippen LogP contribution in [0.4, 0.5) is 5.95 Å². The minimum atomic E-state index is 0.268. The molecule has 0 saturated carbocycles. The second-order valence-electron chi connectivity index (χ2n) is 3.44. The van der Waals surface area contributed by atoms with Crippen molar-refractivity contribution in [2.75, 3.05) is 25.7 Å². The smallest absolute Gasteiger partial charge is 0.225 e. The van der Waals surface area contributed by atoms with E-state index in [4.69, 9.17) is 4.74 Å². The van der Waals surface area contributed by atoms with E-state index in [2.05, 4.69) is 32.8 Å². The lowest BCUT2D eigenvalue weighted by molar-refractivity contribution is 0.183. The number of aromatic nitrogens is 2. The van der Waals surface area contributed by atoms with Crippen molar-refractivity contribution in [3.8, 4) is 0 Å². The number of methoxy groups -OCH3 is 1. The molecule has 1 atom stereocenters. The first-order chi connectivity index (χ1) is 7.19. The van der Waals surface area contributed by atoms with Gasteiger partial charge in [-0.05, 0) is 12.5 Å². The third kappa shape index (κ3) is 3.43. The predicted molar refractivity (Wildman–Crippen MR) is 64.4 cm³/mol. The first kappa shape index (κ1) is 12.4. The van der Waals surface area contributed by atoms with Crippen LogP contribution in [0, 0.1) is 0 Å². The third-order valence-corrected chi connectivity index (χ3v) is 2.88. The summed E-state index contributed by atoms with van der Waals surface area (Å²) in [6.07, 6.45) is 3.65. The highest BCUT2D eigenvalue weighted by Gasteiger charge is 2.11. The van der Waals surface area contributed by atoms with Crippen molar-refractivity contribution in [2.24, 2.45) is 0 Å². The molecule has 0 amide bonds. The summed E-state index contributed by atoms with van der Waals surface area (Å²) in [5, 5.41) is 0.782. The van der Waals surface area contributed by atoms with Gasteiger partial charge in [0.25, 0.3) is 0 Å². The molecule has 0 saturated heterocycles. The standard InChI is InChI=1S/C10H16BrN3O/c1-8(7-15-3)14(2)10-12-5-9(4-11)6-13-10/h5-6,8H,4,7H2,1-3H3. The maximum atomic E-state index is 5.09. The second-order valence-corrected chi connectivity index (χ2v) is 4.00. The van der Waals surface area contributed by atoms with Gasteiger partial charge in [0, 0.05) is 31.9 Å². The van der Waals surface area contributed by atoms with E-state index in [0.29, 0.717) is 6.61 Å². The maximum absolute atomic E-state index is 5.09. The average Bonchev–Trinajstić information content (AvgIpc) is 2.28. The lowest BCUT2D eigenvalue weighted by Gasteiger charge is -2.23. The molecule has 0 N–H and O–H groups in total. The third-order valence-electron chi connectivity index (χ3n) is 2.23. The van der Waals surface area contributed by atoms with Gasteiger partial charge in [0.1, 0.15) is 0 Å². The number of rotatable bonds is 5. The Morgan fingerprint density at radius 3 is 2.53 bits per heavy atom. The van der Waals surface area contributed by atoms with Gasteiger partial charge in [0.05, 0.1) is 12.6 Å². The summed E-state index contributed by atoms with van der Waals surface area (Å²) in [5.41, 5.74) is 1.08. The molecule has 0 bridgehead atoms. The Morgan fingerprint density at radius 1 is 1.47 bits per heavy atom. The van der Waals surface area contributed by atoms with E-state index in [1.165, 1.54) is 0 Å². The summed E-state index contributed by atoms with van der Waals surface area (Å²) >= 11 is 3.36. The molecule has 0 aliphatic rings. The quantitative estimate of drug-likeness (QED) is 0.768. The molecule has 1 heterocycles. The predicted octanol–water partition coefficient (Wildman–Crippen LogP) is 1.84. The van der Waals surface area contributed by atoms with Crippen LogP contribution in [-0.2, 0) is 10.1 Å². The fraction of sp³-hybridized carbons (Fsp3) is 0.600. The van der Waals surface area contributed by atoms with Crippen molar-refractivity contribution in [2.45, 2.75) is 18.3 Å². The molecule has 5 heteroatoms. The molecule has 0 aliphatic carbocycles. The summed E-state index contributed by atoms with van der Waals surface area (Å²) in [4.78, 5) is 10.6. The average molecular weight is 274 g/mol. The zero-order chi connectivity index (χ0) is 11.3. The fourth-order valence-electron chi connectivity index (χ4n) is 1.15. The minimum absolute atomic E-state index is 0.268. The molecule has 1 aromatic heterocycles. The van der Waals surface area contributed by atoms with Crippen molar-refractivity contribution in [3.63, 3.8) is 0 Å².